The van der Waals surface area contributed by atoms with Crippen molar-refractivity contribution in [2.45, 2.75) is 90.5 Å². The topological polar surface area (TPSA) is 69.4 Å². The van der Waals surface area contributed by atoms with Crippen molar-refractivity contribution in [3.8, 4) is 0 Å². The van der Waals surface area contributed by atoms with Gasteiger partial charge < -0.3 is 10.5 Å². The lowest BCUT2D eigenvalue weighted by Gasteiger charge is -2.21. The average Bonchev–Trinajstić information content (AvgIpc) is 2.41. The van der Waals surface area contributed by atoms with E-state index >= 15 is 0 Å². The number of unbranched alkanes of at least 4 members (excludes halogenated alkanes) is 7. The highest BCUT2D eigenvalue weighted by molar-refractivity contribution is 5.91. The van der Waals surface area contributed by atoms with Crippen molar-refractivity contribution in [2.75, 3.05) is 6.61 Å². The van der Waals surface area contributed by atoms with E-state index in [-0.39, 0.29) is 12.2 Å². The van der Waals surface area contributed by atoms with Crippen LogP contribution in [0.1, 0.15) is 85.0 Å². The van der Waals surface area contributed by atoms with Crippen molar-refractivity contribution in [3.63, 3.8) is 0 Å². The first-order valence-electron chi connectivity index (χ1n) is 8.41. The SMILES string of the molecule is CCCCCCCCCCC(=O)C(C)(N)CC(=O)OCC. The molecule has 0 aliphatic rings. The monoisotopic (exact) mass is 299 g/mol. The number of rotatable bonds is 13. The van der Waals surface area contributed by atoms with Crippen molar-refractivity contribution in [1.29, 1.82) is 0 Å². The highest BCUT2D eigenvalue weighted by Gasteiger charge is 2.30. The van der Waals surface area contributed by atoms with Crippen LogP contribution in [0.25, 0.3) is 0 Å². The molecule has 0 rings (SSSR count). The molecule has 1 atom stereocenters. The highest BCUT2D eigenvalue weighted by atomic mass is 16.5. The van der Waals surface area contributed by atoms with Crippen LogP contribution in [0, 0.1) is 0 Å². The van der Waals surface area contributed by atoms with Crippen molar-refractivity contribution in [3.05, 3.63) is 0 Å². The minimum atomic E-state index is -1.09. The maximum Gasteiger partial charge on any atom is 0.308 e. The average molecular weight is 299 g/mol. The van der Waals surface area contributed by atoms with E-state index in [0.29, 0.717) is 13.0 Å². The zero-order valence-corrected chi connectivity index (χ0v) is 14.1. The van der Waals surface area contributed by atoms with Gasteiger partial charge in [-0.05, 0) is 20.3 Å². The second-order valence-corrected chi connectivity index (χ2v) is 6.05. The van der Waals surface area contributed by atoms with Crippen LogP contribution >= 0.6 is 0 Å². The Bertz CT molecular complexity index is 300. The molecule has 0 aliphatic heterocycles. The normalized spacial score (nSPS) is 13.7. The van der Waals surface area contributed by atoms with Gasteiger partial charge in [0.2, 0.25) is 0 Å². The van der Waals surface area contributed by atoms with E-state index in [1.807, 2.05) is 0 Å². The maximum atomic E-state index is 12.0. The first kappa shape index (κ1) is 20.1. The Balaban J connectivity index is 3.74. The molecule has 0 bridgehead atoms. The summed E-state index contributed by atoms with van der Waals surface area (Å²) in [5.74, 6) is -0.437. The molecule has 0 aromatic rings. The summed E-state index contributed by atoms with van der Waals surface area (Å²) in [5, 5.41) is 0. The number of carbonyl (C=O) groups excluding carboxylic acids is 2. The summed E-state index contributed by atoms with van der Waals surface area (Å²) in [4.78, 5) is 23.5. The van der Waals surface area contributed by atoms with Crippen LogP contribution in [0.15, 0.2) is 0 Å². The van der Waals surface area contributed by atoms with E-state index in [0.717, 1.165) is 12.8 Å². The van der Waals surface area contributed by atoms with E-state index in [4.69, 9.17) is 10.5 Å². The van der Waals surface area contributed by atoms with E-state index in [2.05, 4.69) is 6.92 Å². The van der Waals surface area contributed by atoms with E-state index in [9.17, 15) is 9.59 Å². The van der Waals surface area contributed by atoms with Crippen molar-refractivity contribution >= 4 is 11.8 Å². The molecule has 4 nitrogen and oxygen atoms in total. The van der Waals surface area contributed by atoms with Crippen LogP contribution in [0.3, 0.4) is 0 Å². The summed E-state index contributed by atoms with van der Waals surface area (Å²) in [5.41, 5.74) is 4.85. The zero-order chi connectivity index (χ0) is 16.1. The molecule has 2 N–H and O–H groups in total. The summed E-state index contributed by atoms with van der Waals surface area (Å²) >= 11 is 0. The van der Waals surface area contributed by atoms with Gasteiger partial charge in [-0.3, -0.25) is 9.59 Å². The molecule has 0 aromatic carbocycles. The minimum Gasteiger partial charge on any atom is -0.466 e. The first-order valence-corrected chi connectivity index (χ1v) is 8.41. The first-order chi connectivity index (χ1) is 9.94. The number of ether oxygens (including phenoxy) is 1. The van der Waals surface area contributed by atoms with Gasteiger partial charge >= 0.3 is 5.97 Å². The zero-order valence-electron chi connectivity index (χ0n) is 14.1. The summed E-state index contributed by atoms with van der Waals surface area (Å²) < 4.78 is 4.85. The fourth-order valence-corrected chi connectivity index (χ4v) is 2.32. The molecule has 21 heavy (non-hydrogen) atoms. The van der Waals surface area contributed by atoms with Gasteiger partial charge in [-0.25, -0.2) is 0 Å². The summed E-state index contributed by atoms with van der Waals surface area (Å²) in [6.07, 6.45) is 9.97. The van der Waals surface area contributed by atoms with Crippen LogP contribution in [-0.4, -0.2) is 23.9 Å². The maximum absolute atomic E-state index is 12.0. The minimum absolute atomic E-state index is 0.0311. The Labute approximate surface area is 129 Å². The third-order valence-electron chi connectivity index (χ3n) is 3.71. The van der Waals surface area contributed by atoms with Crippen molar-refractivity contribution in [1.82, 2.24) is 0 Å². The van der Waals surface area contributed by atoms with Crippen LogP contribution < -0.4 is 5.73 Å². The van der Waals surface area contributed by atoms with Gasteiger partial charge in [0.15, 0.2) is 5.78 Å². The molecule has 0 saturated heterocycles. The Morgan fingerprint density at radius 3 is 2.00 bits per heavy atom. The molecular formula is C17H33NO3. The molecule has 4 heteroatoms. The van der Waals surface area contributed by atoms with Crippen LogP contribution in [0.4, 0.5) is 0 Å². The van der Waals surface area contributed by atoms with Gasteiger partial charge in [0.05, 0.1) is 18.6 Å². The van der Waals surface area contributed by atoms with E-state index in [1.165, 1.54) is 38.5 Å². The number of carbonyl (C=O) groups is 2. The molecule has 0 amide bonds. The van der Waals surface area contributed by atoms with Gasteiger partial charge in [0, 0.05) is 6.42 Å². The van der Waals surface area contributed by atoms with Gasteiger partial charge in [-0.2, -0.15) is 0 Å². The van der Waals surface area contributed by atoms with E-state index in [1.54, 1.807) is 13.8 Å². The number of hydrogen-bond donors (Lipinski definition) is 1. The quantitative estimate of drug-likeness (QED) is 0.415. The molecule has 0 fully saturated rings. The second-order valence-electron chi connectivity index (χ2n) is 6.05. The Morgan fingerprint density at radius 2 is 1.48 bits per heavy atom. The van der Waals surface area contributed by atoms with Crippen molar-refractivity contribution in [2.24, 2.45) is 5.73 Å². The Hall–Kier alpha value is -0.900. The molecule has 124 valence electrons. The van der Waals surface area contributed by atoms with Gasteiger partial charge in [0.1, 0.15) is 0 Å². The van der Waals surface area contributed by atoms with E-state index < -0.39 is 11.5 Å². The van der Waals surface area contributed by atoms with Crippen LogP contribution in [0.2, 0.25) is 0 Å². The summed E-state index contributed by atoms with van der Waals surface area (Å²) in [6.45, 7) is 5.90. The van der Waals surface area contributed by atoms with Gasteiger partial charge in [-0.15, -0.1) is 0 Å². The van der Waals surface area contributed by atoms with Crippen LogP contribution in [-0.2, 0) is 14.3 Å². The molecule has 0 radical (unpaired) electrons. The summed E-state index contributed by atoms with van der Waals surface area (Å²) in [7, 11) is 0. The van der Waals surface area contributed by atoms with Gasteiger partial charge in [0.25, 0.3) is 0 Å². The number of Topliss-reactive ketones (excluding diaryl/α,β-unsaturated/α-hetero) is 1. The third-order valence-corrected chi connectivity index (χ3v) is 3.71. The number of nitrogens with two attached hydrogens (primary N) is 1. The lowest BCUT2D eigenvalue weighted by Crippen LogP contribution is -2.46. The molecule has 0 aromatic heterocycles. The number of hydrogen-bond acceptors (Lipinski definition) is 4. The molecule has 0 saturated carbocycles. The molecule has 1 unspecified atom stereocenters. The van der Waals surface area contributed by atoms with Crippen molar-refractivity contribution < 1.29 is 14.3 Å². The highest BCUT2D eigenvalue weighted by Crippen LogP contribution is 2.15. The predicted molar refractivity (Wildman–Crippen MR) is 86.1 cm³/mol. The largest absolute Gasteiger partial charge is 0.466 e. The fraction of sp³-hybridized carbons (Fsp3) is 0.882. The number of esters is 1. The number of ketones is 1. The van der Waals surface area contributed by atoms with Crippen LogP contribution in [0.5, 0.6) is 0 Å². The standard InChI is InChI=1S/C17H33NO3/c1-4-6-7-8-9-10-11-12-13-15(19)17(3,18)14-16(20)21-5-2/h4-14,18H2,1-3H3. The lowest BCUT2D eigenvalue weighted by molar-refractivity contribution is -0.146. The molecule has 0 spiro atoms. The Morgan fingerprint density at radius 1 is 0.952 bits per heavy atom. The molecular weight excluding hydrogens is 266 g/mol. The molecule has 0 aliphatic carbocycles. The summed E-state index contributed by atoms with van der Waals surface area (Å²) in [6, 6.07) is 0. The second kappa shape index (κ2) is 11.7. The van der Waals surface area contributed by atoms with Gasteiger partial charge in [-0.1, -0.05) is 51.9 Å². The predicted octanol–water partition coefficient (Wildman–Crippen LogP) is 3.76. The smallest absolute Gasteiger partial charge is 0.308 e. The Kier molecular flexibility index (Phi) is 11.2. The molecule has 0 heterocycles. The fourth-order valence-electron chi connectivity index (χ4n) is 2.32. The lowest BCUT2D eigenvalue weighted by atomic mass is 9.90. The third kappa shape index (κ3) is 10.5.